The summed E-state index contributed by atoms with van der Waals surface area (Å²) in [5, 5.41) is 0. The Labute approximate surface area is 179 Å². The number of hydrogen-bond donors (Lipinski definition) is 0. The summed E-state index contributed by atoms with van der Waals surface area (Å²) < 4.78 is 11.9. The van der Waals surface area contributed by atoms with Gasteiger partial charge in [-0.3, -0.25) is 4.79 Å². The lowest BCUT2D eigenvalue weighted by molar-refractivity contribution is -0.201. The van der Waals surface area contributed by atoms with Crippen LogP contribution in [0, 0.1) is 28.6 Å². The van der Waals surface area contributed by atoms with Gasteiger partial charge in [-0.05, 0) is 52.5 Å². The van der Waals surface area contributed by atoms with Crippen LogP contribution in [-0.4, -0.2) is 29.9 Å². The number of ketones is 1. The van der Waals surface area contributed by atoms with Gasteiger partial charge in [-0.1, -0.05) is 38.0 Å². The Morgan fingerprint density at radius 3 is 2.23 bits per heavy atom. The highest BCUT2D eigenvalue weighted by atomic mass is 16.6. The van der Waals surface area contributed by atoms with E-state index in [0.717, 1.165) is 11.1 Å². The van der Waals surface area contributed by atoms with Gasteiger partial charge in [0.15, 0.2) is 5.78 Å². The van der Waals surface area contributed by atoms with E-state index < -0.39 is 29.0 Å². The molecule has 0 N–H and O–H groups in total. The maximum Gasteiger partial charge on any atom is 0.333 e. The van der Waals surface area contributed by atoms with Gasteiger partial charge in [-0.25, -0.2) is 9.59 Å². The molecule has 0 saturated heterocycles. The Kier molecular flexibility index (Phi) is 5.63. The maximum absolute atomic E-state index is 13.0. The predicted octanol–water partition coefficient (Wildman–Crippen LogP) is 4.57. The second-order valence-corrected chi connectivity index (χ2v) is 10.2. The molecule has 30 heavy (non-hydrogen) atoms. The van der Waals surface area contributed by atoms with E-state index in [0.29, 0.717) is 12.0 Å². The molecule has 0 amide bonds. The first kappa shape index (κ1) is 22.5. The molecule has 0 aromatic heterocycles. The summed E-state index contributed by atoms with van der Waals surface area (Å²) >= 11 is 0. The first-order valence-corrected chi connectivity index (χ1v) is 10.8. The summed E-state index contributed by atoms with van der Waals surface area (Å²) in [6.45, 7) is 15.4. The van der Waals surface area contributed by atoms with Gasteiger partial charge in [0.2, 0.25) is 0 Å². The summed E-state index contributed by atoms with van der Waals surface area (Å²) in [6.07, 6.45) is 4.37. The molecule has 3 fully saturated rings. The fraction of sp³-hybridized carbons (Fsp3) is 0.640. The van der Waals surface area contributed by atoms with Crippen molar-refractivity contribution in [2.24, 2.45) is 28.6 Å². The van der Waals surface area contributed by atoms with Gasteiger partial charge >= 0.3 is 11.9 Å². The highest BCUT2D eigenvalue weighted by Gasteiger charge is 2.74. The molecule has 0 aromatic rings. The number of carbonyl (C=O) groups excluding carboxylic acids is 3. The highest BCUT2D eigenvalue weighted by molar-refractivity contribution is 5.97. The Balaban J connectivity index is 2.05. The molecule has 4 aliphatic carbocycles. The second kappa shape index (κ2) is 7.51. The summed E-state index contributed by atoms with van der Waals surface area (Å²) in [5.41, 5.74) is 1.51. The minimum absolute atomic E-state index is 0.0517. The first-order chi connectivity index (χ1) is 13.8. The summed E-state index contributed by atoms with van der Waals surface area (Å²) in [4.78, 5) is 38.2. The van der Waals surface area contributed by atoms with Crippen LogP contribution in [-0.2, 0) is 23.9 Å². The smallest absolute Gasteiger partial charge is 0.333 e. The molecule has 0 aliphatic heterocycles. The van der Waals surface area contributed by atoms with Crippen LogP contribution in [0.15, 0.2) is 34.9 Å². The van der Waals surface area contributed by atoms with E-state index in [1.54, 1.807) is 26.0 Å². The predicted molar refractivity (Wildman–Crippen MR) is 114 cm³/mol. The lowest BCUT2D eigenvalue weighted by Gasteiger charge is -2.65. The number of rotatable bonds is 4. The molecular formula is C25H34O5. The number of esters is 2. The molecule has 0 aromatic carbocycles. The van der Waals surface area contributed by atoms with Crippen molar-refractivity contribution in [3.63, 3.8) is 0 Å². The van der Waals surface area contributed by atoms with E-state index >= 15 is 0 Å². The zero-order chi connectivity index (χ0) is 22.6. The van der Waals surface area contributed by atoms with E-state index in [4.69, 9.17) is 9.47 Å². The maximum atomic E-state index is 13.0. The zero-order valence-electron chi connectivity index (χ0n) is 19.4. The molecule has 6 atom stereocenters. The van der Waals surface area contributed by atoms with E-state index in [1.165, 1.54) is 6.08 Å². The van der Waals surface area contributed by atoms with Crippen molar-refractivity contribution in [1.29, 1.82) is 0 Å². The topological polar surface area (TPSA) is 69.7 Å². The van der Waals surface area contributed by atoms with Gasteiger partial charge in [-0.2, -0.15) is 0 Å². The van der Waals surface area contributed by atoms with Crippen LogP contribution in [0.1, 0.15) is 61.8 Å². The SMILES string of the molecule is CC=C(C)C(=O)OC1CC(OC(=O)C=C(C)C)C2(C)C3C(=O)C=C(C)C2C3C1(C)C. The van der Waals surface area contributed by atoms with E-state index in [9.17, 15) is 14.4 Å². The molecular weight excluding hydrogens is 380 g/mol. The Morgan fingerprint density at radius 1 is 1.07 bits per heavy atom. The zero-order valence-corrected chi connectivity index (χ0v) is 19.4. The largest absolute Gasteiger partial charge is 0.458 e. The van der Waals surface area contributed by atoms with Crippen LogP contribution in [0.5, 0.6) is 0 Å². The molecule has 0 spiro atoms. The Morgan fingerprint density at radius 2 is 1.70 bits per heavy atom. The lowest BCUT2D eigenvalue weighted by Crippen LogP contribution is -2.67. The highest BCUT2D eigenvalue weighted by Crippen LogP contribution is 2.72. The van der Waals surface area contributed by atoms with Crippen LogP contribution in [0.25, 0.3) is 0 Å². The third kappa shape index (κ3) is 3.27. The molecule has 164 valence electrons. The van der Waals surface area contributed by atoms with Crippen LogP contribution < -0.4 is 0 Å². The number of allylic oxidation sites excluding steroid dienone is 4. The third-order valence-electron chi connectivity index (χ3n) is 7.71. The van der Waals surface area contributed by atoms with Crippen molar-refractivity contribution >= 4 is 17.7 Å². The lowest BCUT2D eigenvalue weighted by atomic mass is 9.37. The van der Waals surface area contributed by atoms with Gasteiger partial charge in [-0.15, -0.1) is 0 Å². The molecule has 0 heterocycles. The molecule has 4 aliphatic rings. The van der Waals surface area contributed by atoms with Gasteiger partial charge < -0.3 is 9.47 Å². The summed E-state index contributed by atoms with van der Waals surface area (Å²) in [6, 6.07) is 0. The standard InChI is InChI=1S/C25H34O5/c1-9-14(4)23(28)30-17-12-18(29-19(27)10-13(2)3)25(8)20-15(5)11-16(26)21(25)22(20)24(17,6)7/h9-11,17-18,20-22H,12H2,1-8H3. The van der Waals surface area contributed by atoms with E-state index in [2.05, 4.69) is 20.8 Å². The van der Waals surface area contributed by atoms with Crippen LogP contribution >= 0.6 is 0 Å². The summed E-state index contributed by atoms with van der Waals surface area (Å²) in [7, 11) is 0. The minimum Gasteiger partial charge on any atom is -0.458 e. The van der Waals surface area contributed by atoms with E-state index in [-0.39, 0.29) is 29.5 Å². The van der Waals surface area contributed by atoms with Crippen molar-refractivity contribution in [3.8, 4) is 0 Å². The quantitative estimate of drug-likeness (QED) is 0.498. The average molecular weight is 415 g/mol. The monoisotopic (exact) mass is 414 g/mol. The van der Waals surface area contributed by atoms with Crippen molar-refractivity contribution in [3.05, 3.63) is 34.9 Å². The third-order valence-corrected chi connectivity index (χ3v) is 7.71. The fourth-order valence-electron chi connectivity index (χ4n) is 6.05. The van der Waals surface area contributed by atoms with Gasteiger partial charge in [0.25, 0.3) is 0 Å². The number of ether oxygens (including phenoxy) is 2. The molecule has 4 bridgehead atoms. The normalized spacial score (nSPS) is 36.7. The van der Waals surface area contributed by atoms with Crippen molar-refractivity contribution < 1.29 is 23.9 Å². The van der Waals surface area contributed by atoms with Crippen LogP contribution in [0.4, 0.5) is 0 Å². The molecule has 5 heteroatoms. The van der Waals surface area contributed by atoms with Gasteiger partial charge in [0.05, 0.1) is 0 Å². The van der Waals surface area contributed by atoms with E-state index in [1.807, 2.05) is 20.8 Å². The van der Waals surface area contributed by atoms with Gasteiger partial charge in [0, 0.05) is 34.8 Å². The first-order valence-electron chi connectivity index (χ1n) is 10.8. The minimum atomic E-state index is -0.509. The Hall–Kier alpha value is -2.17. The van der Waals surface area contributed by atoms with Gasteiger partial charge in [0.1, 0.15) is 12.2 Å². The molecule has 4 rings (SSSR count). The molecule has 5 nitrogen and oxygen atoms in total. The second-order valence-electron chi connectivity index (χ2n) is 10.2. The number of carbonyl (C=O) groups is 3. The molecule has 3 saturated carbocycles. The van der Waals surface area contributed by atoms with Crippen LogP contribution in [0.3, 0.4) is 0 Å². The van der Waals surface area contributed by atoms with Crippen molar-refractivity contribution in [2.75, 3.05) is 0 Å². The average Bonchev–Trinajstić information content (AvgIpc) is 2.72. The summed E-state index contributed by atoms with van der Waals surface area (Å²) in [5.74, 6) is -0.751. The molecule has 0 radical (unpaired) electrons. The van der Waals surface area contributed by atoms with Crippen molar-refractivity contribution in [2.45, 2.75) is 74.0 Å². The fourth-order valence-corrected chi connectivity index (χ4v) is 6.05. The van der Waals surface area contributed by atoms with Crippen LogP contribution in [0.2, 0.25) is 0 Å². The Bertz CT molecular complexity index is 870. The van der Waals surface area contributed by atoms with Crippen molar-refractivity contribution in [1.82, 2.24) is 0 Å². The number of fused-ring (bicyclic) bond motifs is 3. The number of hydrogen-bond acceptors (Lipinski definition) is 5. The molecule has 6 unspecified atom stereocenters.